The summed E-state index contributed by atoms with van der Waals surface area (Å²) in [6.07, 6.45) is 0. The first-order valence-electron chi connectivity index (χ1n) is 7.51. The normalized spacial score (nSPS) is 19.4. The van der Waals surface area contributed by atoms with E-state index in [1.807, 2.05) is 0 Å². The summed E-state index contributed by atoms with van der Waals surface area (Å²) in [4.78, 5) is 0.0675. The maximum Gasteiger partial charge on any atom is 0.244 e. The fourth-order valence-corrected chi connectivity index (χ4v) is 4.64. The predicted molar refractivity (Wildman–Crippen MR) is 85.0 cm³/mol. The maximum atomic E-state index is 13.3. The zero-order chi connectivity index (χ0) is 17.3. The molecule has 1 saturated heterocycles. The van der Waals surface area contributed by atoms with Gasteiger partial charge in [-0.2, -0.15) is 4.31 Å². The monoisotopic (exact) mass is 353 g/mol. The second-order valence-corrected chi connectivity index (χ2v) is 7.53. The molecule has 0 radical (unpaired) electrons. The largest absolute Gasteiger partial charge is 0.378 e. The Morgan fingerprint density at radius 2 is 1.75 bits per heavy atom. The van der Waals surface area contributed by atoms with Crippen molar-refractivity contribution in [1.29, 1.82) is 0 Å². The van der Waals surface area contributed by atoms with E-state index < -0.39 is 21.9 Å². The molecule has 24 heavy (non-hydrogen) atoms. The molecule has 7 heteroatoms. The molecule has 1 atom stereocenters. The van der Waals surface area contributed by atoms with Crippen LogP contribution in [0.25, 0.3) is 0 Å². The number of rotatable bonds is 3. The van der Waals surface area contributed by atoms with Crippen molar-refractivity contribution in [2.75, 3.05) is 19.8 Å². The van der Waals surface area contributed by atoms with Crippen LogP contribution >= 0.6 is 0 Å². The van der Waals surface area contributed by atoms with Crippen LogP contribution in [0, 0.1) is 18.6 Å². The maximum absolute atomic E-state index is 13.3. The van der Waals surface area contributed by atoms with Gasteiger partial charge in [-0.3, -0.25) is 0 Å². The van der Waals surface area contributed by atoms with Crippen LogP contribution in [-0.2, 0) is 14.8 Å². The van der Waals surface area contributed by atoms with Crippen LogP contribution in [0.15, 0.2) is 47.4 Å². The molecule has 0 saturated carbocycles. The van der Waals surface area contributed by atoms with Crippen molar-refractivity contribution in [1.82, 2.24) is 4.31 Å². The van der Waals surface area contributed by atoms with Gasteiger partial charge in [-0.1, -0.05) is 12.1 Å². The lowest BCUT2D eigenvalue weighted by molar-refractivity contribution is 0.0320. The van der Waals surface area contributed by atoms with E-state index >= 15 is 0 Å². The number of morpholine rings is 1. The molecule has 1 aliphatic heterocycles. The number of hydrogen-bond donors (Lipinski definition) is 0. The highest BCUT2D eigenvalue weighted by Crippen LogP contribution is 2.31. The van der Waals surface area contributed by atoms with Crippen LogP contribution in [-0.4, -0.2) is 32.5 Å². The number of hydrogen-bond acceptors (Lipinski definition) is 3. The standard InChI is InChI=1S/C17H17F2NO3S/c1-12-10-15(19)6-7-17(12)24(21,22)20-8-9-23-11-16(20)13-2-4-14(18)5-3-13/h2-7,10,16H,8-9,11H2,1H3. The minimum absolute atomic E-state index is 0.0675. The summed E-state index contributed by atoms with van der Waals surface area (Å²) in [5, 5.41) is 0. The molecular weight excluding hydrogens is 336 g/mol. The minimum Gasteiger partial charge on any atom is -0.378 e. The van der Waals surface area contributed by atoms with E-state index in [2.05, 4.69) is 0 Å². The first-order chi connectivity index (χ1) is 11.4. The Morgan fingerprint density at radius 1 is 1.08 bits per heavy atom. The number of sulfonamides is 1. The molecule has 1 unspecified atom stereocenters. The van der Waals surface area contributed by atoms with Gasteiger partial charge in [0, 0.05) is 6.54 Å². The average Bonchev–Trinajstić information content (AvgIpc) is 2.55. The Labute approximate surface area is 139 Å². The summed E-state index contributed by atoms with van der Waals surface area (Å²) in [5.41, 5.74) is 0.999. The zero-order valence-corrected chi connectivity index (χ0v) is 13.9. The van der Waals surface area contributed by atoms with Crippen LogP contribution < -0.4 is 0 Å². The molecular formula is C17H17F2NO3S. The summed E-state index contributed by atoms with van der Waals surface area (Å²) in [6.45, 7) is 2.20. The summed E-state index contributed by atoms with van der Waals surface area (Å²) in [7, 11) is -3.82. The average molecular weight is 353 g/mol. The molecule has 4 nitrogen and oxygen atoms in total. The van der Waals surface area contributed by atoms with Gasteiger partial charge in [0.2, 0.25) is 10.0 Å². The van der Waals surface area contributed by atoms with Crippen molar-refractivity contribution in [3.8, 4) is 0 Å². The summed E-state index contributed by atoms with van der Waals surface area (Å²) >= 11 is 0. The van der Waals surface area contributed by atoms with Gasteiger partial charge in [-0.15, -0.1) is 0 Å². The molecule has 1 heterocycles. The van der Waals surface area contributed by atoms with Crippen LogP contribution in [0.4, 0.5) is 8.78 Å². The third-order valence-electron chi connectivity index (χ3n) is 4.06. The van der Waals surface area contributed by atoms with Crippen LogP contribution in [0.3, 0.4) is 0 Å². The van der Waals surface area contributed by atoms with E-state index in [-0.39, 0.29) is 30.5 Å². The summed E-state index contributed by atoms with van der Waals surface area (Å²) < 4.78 is 59.3. The van der Waals surface area contributed by atoms with Crippen LogP contribution in [0.2, 0.25) is 0 Å². The second-order valence-electron chi connectivity index (χ2n) is 5.67. The summed E-state index contributed by atoms with van der Waals surface area (Å²) in [6, 6.07) is 8.73. The lowest BCUT2D eigenvalue weighted by Gasteiger charge is -2.35. The second kappa shape index (κ2) is 6.58. The topological polar surface area (TPSA) is 46.6 Å². The lowest BCUT2D eigenvalue weighted by atomic mass is 10.1. The number of nitrogens with zero attached hydrogens (tertiary/aromatic N) is 1. The Hall–Kier alpha value is -1.83. The van der Waals surface area contributed by atoms with Gasteiger partial charge >= 0.3 is 0 Å². The number of halogens is 2. The SMILES string of the molecule is Cc1cc(F)ccc1S(=O)(=O)N1CCOCC1c1ccc(F)cc1. The number of aryl methyl sites for hydroxylation is 1. The molecule has 2 aromatic carbocycles. The Bertz CT molecular complexity index is 837. The Morgan fingerprint density at radius 3 is 2.42 bits per heavy atom. The molecule has 0 aromatic heterocycles. The highest BCUT2D eigenvalue weighted by molar-refractivity contribution is 7.89. The van der Waals surface area contributed by atoms with E-state index in [4.69, 9.17) is 4.74 Å². The molecule has 2 aromatic rings. The molecule has 3 rings (SSSR count). The molecule has 128 valence electrons. The lowest BCUT2D eigenvalue weighted by Crippen LogP contribution is -2.43. The van der Waals surface area contributed by atoms with Crippen LogP contribution in [0.1, 0.15) is 17.2 Å². The Kier molecular flexibility index (Phi) is 4.67. The molecule has 0 N–H and O–H groups in total. The summed E-state index contributed by atoms with van der Waals surface area (Å²) in [5.74, 6) is -0.872. The van der Waals surface area contributed by atoms with Gasteiger partial charge in [0.05, 0.1) is 24.2 Å². The third-order valence-corrected chi connectivity index (χ3v) is 6.13. The zero-order valence-electron chi connectivity index (χ0n) is 13.1. The first-order valence-corrected chi connectivity index (χ1v) is 8.95. The highest BCUT2D eigenvalue weighted by Gasteiger charge is 2.35. The van der Waals surface area contributed by atoms with Crippen molar-refractivity contribution in [2.24, 2.45) is 0 Å². The fourth-order valence-electron chi connectivity index (χ4n) is 2.85. The van der Waals surface area contributed by atoms with Crippen molar-refractivity contribution < 1.29 is 21.9 Å². The van der Waals surface area contributed by atoms with E-state index in [1.54, 1.807) is 19.1 Å². The van der Waals surface area contributed by atoms with Crippen molar-refractivity contribution in [3.05, 3.63) is 65.2 Å². The van der Waals surface area contributed by atoms with E-state index in [0.717, 1.165) is 6.07 Å². The van der Waals surface area contributed by atoms with Gasteiger partial charge < -0.3 is 4.74 Å². The fraction of sp³-hybridized carbons (Fsp3) is 0.294. The third kappa shape index (κ3) is 3.19. The minimum atomic E-state index is -3.82. The van der Waals surface area contributed by atoms with Gasteiger partial charge in [0.25, 0.3) is 0 Å². The number of ether oxygens (including phenoxy) is 1. The van der Waals surface area contributed by atoms with Crippen LogP contribution in [0.5, 0.6) is 0 Å². The van der Waals surface area contributed by atoms with Crippen molar-refractivity contribution in [3.63, 3.8) is 0 Å². The molecule has 0 amide bonds. The van der Waals surface area contributed by atoms with E-state index in [0.29, 0.717) is 11.1 Å². The molecule has 0 bridgehead atoms. The van der Waals surface area contributed by atoms with Gasteiger partial charge in [0.1, 0.15) is 11.6 Å². The van der Waals surface area contributed by atoms with Gasteiger partial charge in [-0.05, 0) is 48.4 Å². The van der Waals surface area contributed by atoms with Crippen molar-refractivity contribution >= 4 is 10.0 Å². The molecule has 0 spiro atoms. The smallest absolute Gasteiger partial charge is 0.244 e. The van der Waals surface area contributed by atoms with E-state index in [1.165, 1.54) is 28.6 Å². The van der Waals surface area contributed by atoms with Gasteiger partial charge in [-0.25, -0.2) is 17.2 Å². The first kappa shape index (κ1) is 17.0. The predicted octanol–water partition coefficient (Wildman–Crippen LogP) is 3.04. The highest BCUT2D eigenvalue weighted by atomic mass is 32.2. The quantitative estimate of drug-likeness (QED) is 0.852. The molecule has 1 aliphatic rings. The van der Waals surface area contributed by atoms with Crippen molar-refractivity contribution in [2.45, 2.75) is 17.9 Å². The van der Waals surface area contributed by atoms with Gasteiger partial charge in [0.15, 0.2) is 0 Å². The molecule has 0 aliphatic carbocycles. The molecule has 1 fully saturated rings. The Balaban J connectivity index is 2.01. The number of benzene rings is 2. The van der Waals surface area contributed by atoms with E-state index in [9.17, 15) is 17.2 Å².